The first-order chi connectivity index (χ1) is 17.1. The number of unbranched alkanes of at least 4 members (excludes halogenated alkanes) is 3. The number of allylic oxidation sites excluding steroid dienone is 1. The van der Waals surface area contributed by atoms with Crippen LogP contribution in [0.5, 0.6) is 5.75 Å². The average molecular weight is 513 g/mol. The highest BCUT2D eigenvalue weighted by atomic mass is 19.4. The maximum absolute atomic E-state index is 13.4. The molecular formula is C29H34F6O. The van der Waals surface area contributed by atoms with Crippen molar-refractivity contribution in [3.05, 3.63) is 60.2 Å². The summed E-state index contributed by atoms with van der Waals surface area (Å²) in [5, 5.41) is 0. The highest BCUT2D eigenvalue weighted by molar-refractivity contribution is 5.66. The summed E-state index contributed by atoms with van der Waals surface area (Å²) in [6.45, 7) is 2.24. The summed E-state index contributed by atoms with van der Waals surface area (Å²) in [6, 6.07) is 12.8. The lowest BCUT2D eigenvalue weighted by molar-refractivity contribution is -0.304. The van der Waals surface area contributed by atoms with Gasteiger partial charge in [-0.1, -0.05) is 87.6 Å². The summed E-state index contributed by atoms with van der Waals surface area (Å²) in [7, 11) is 0. The predicted molar refractivity (Wildman–Crippen MR) is 132 cm³/mol. The van der Waals surface area contributed by atoms with Crippen molar-refractivity contribution in [1.29, 1.82) is 0 Å². The first kappa shape index (κ1) is 28.1. The fourth-order valence-corrected chi connectivity index (χ4v) is 4.68. The molecule has 2 aromatic carbocycles. The highest BCUT2D eigenvalue weighted by Crippen LogP contribution is 2.37. The zero-order valence-corrected chi connectivity index (χ0v) is 20.5. The van der Waals surface area contributed by atoms with Crippen molar-refractivity contribution in [3.63, 3.8) is 0 Å². The Morgan fingerprint density at radius 1 is 0.833 bits per heavy atom. The molecule has 1 atom stereocenters. The molecule has 198 valence electrons. The van der Waals surface area contributed by atoms with Crippen LogP contribution >= 0.6 is 0 Å². The molecule has 0 radical (unpaired) electrons. The Hall–Kier alpha value is -2.44. The van der Waals surface area contributed by atoms with E-state index in [0.717, 1.165) is 29.2 Å². The molecule has 1 fully saturated rings. The highest BCUT2D eigenvalue weighted by Gasteiger charge is 2.59. The van der Waals surface area contributed by atoms with Crippen LogP contribution < -0.4 is 4.74 Å². The van der Waals surface area contributed by atoms with E-state index in [2.05, 4.69) is 23.8 Å². The Kier molecular flexibility index (Phi) is 9.92. The van der Waals surface area contributed by atoms with Gasteiger partial charge in [-0.3, -0.25) is 0 Å². The second-order valence-corrected chi connectivity index (χ2v) is 9.70. The van der Waals surface area contributed by atoms with Crippen molar-refractivity contribution < 1.29 is 31.1 Å². The Labute approximate surface area is 209 Å². The van der Waals surface area contributed by atoms with Gasteiger partial charge in [0.1, 0.15) is 5.75 Å². The Balaban J connectivity index is 1.50. The zero-order chi connectivity index (χ0) is 26.2. The van der Waals surface area contributed by atoms with E-state index >= 15 is 0 Å². The van der Waals surface area contributed by atoms with E-state index in [0.29, 0.717) is 11.5 Å². The number of hydrogen-bond donors (Lipinski definition) is 0. The van der Waals surface area contributed by atoms with E-state index in [1.165, 1.54) is 69.9 Å². The predicted octanol–water partition coefficient (Wildman–Crippen LogP) is 10.0. The summed E-state index contributed by atoms with van der Waals surface area (Å²) >= 11 is 0. The second kappa shape index (κ2) is 12.7. The molecule has 2 aromatic rings. The van der Waals surface area contributed by atoms with E-state index < -0.39 is 24.2 Å². The van der Waals surface area contributed by atoms with Crippen molar-refractivity contribution >= 4 is 6.08 Å². The van der Waals surface area contributed by atoms with Crippen LogP contribution in [0.2, 0.25) is 0 Å². The molecule has 0 bridgehead atoms. The Morgan fingerprint density at radius 3 is 1.97 bits per heavy atom. The molecule has 0 aliphatic heterocycles. The number of halogens is 6. The Bertz CT molecular complexity index is 941. The number of hydrogen-bond acceptors (Lipinski definition) is 1. The molecule has 1 aliphatic carbocycles. The average Bonchev–Trinajstić information content (AvgIpc) is 2.86. The van der Waals surface area contributed by atoms with E-state index in [1.54, 1.807) is 0 Å². The van der Waals surface area contributed by atoms with Gasteiger partial charge in [-0.25, -0.2) is 4.39 Å². The van der Waals surface area contributed by atoms with E-state index in [1.807, 2.05) is 24.3 Å². The fourth-order valence-electron chi connectivity index (χ4n) is 4.68. The van der Waals surface area contributed by atoms with Gasteiger partial charge in [-0.15, -0.1) is 0 Å². The molecular weight excluding hydrogens is 478 g/mol. The molecule has 0 aromatic heterocycles. The maximum Gasteiger partial charge on any atom is 0.439 e. The Morgan fingerprint density at radius 2 is 1.42 bits per heavy atom. The van der Waals surface area contributed by atoms with Gasteiger partial charge in [0.05, 0.1) is 0 Å². The molecule has 7 heteroatoms. The van der Waals surface area contributed by atoms with Crippen LogP contribution in [0.3, 0.4) is 0 Å². The van der Waals surface area contributed by atoms with E-state index in [4.69, 9.17) is 0 Å². The van der Waals surface area contributed by atoms with Crippen LogP contribution in [0.1, 0.15) is 70.3 Å². The van der Waals surface area contributed by atoms with Gasteiger partial charge in [0, 0.05) is 0 Å². The monoisotopic (exact) mass is 512 g/mol. The van der Waals surface area contributed by atoms with Crippen LogP contribution in [0.15, 0.2) is 54.6 Å². The van der Waals surface area contributed by atoms with E-state index in [9.17, 15) is 26.3 Å². The van der Waals surface area contributed by atoms with Crippen LogP contribution in [0, 0.1) is 11.8 Å². The van der Waals surface area contributed by atoms with Crippen molar-refractivity contribution in [2.24, 2.45) is 11.8 Å². The van der Waals surface area contributed by atoms with Gasteiger partial charge < -0.3 is 4.74 Å². The maximum atomic E-state index is 13.4. The van der Waals surface area contributed by atoms with Crippen molar-refractivity contribution in [2.75, 3.05) is 0 Å². The summed E-state index contributed by atoms with van der Waals surface area (Å²) in [6.07, 6.45) is 1.00. The lowest BCUT2D eigenvalue weighted by atomic mass is 9.79. The molecule has 0 saturated heterocycles. The lowest BCUT2D eigenvalue weighted by Gasteiger charge is -2.26. The zero-order valence-electron chi connectivity index (χ0n) is 20.5. The fraction of sp³-hybridized carbons (Fsp3) is 0.517. The molecule has 36 heavy (non-hydrogen) atoms. The summed E-state index contributed by atoms with van der Waals surface area (Å²) < 4.78 is 80.7. The number of ether oxygens (including phenoxy) is 1. The minimum Gasteiger partial charge on any atom is -0.430 e. The largest absolute Gasteiger partial charge is 0.439 e. The molecule has 1 unspecified atom stereocenters. The first-order valence-electron chi connectivity index (χ1n) is 12.7. The van der Waals surface area contributed by atoms with Gasteiger partial charge in [0.25, 0.3) is 6.17 Å². The number of rotatable bonds is 11. The summed E-state index contributed by atoms with van der Waals surface area (Å²) in [4.78, 5) is 0. The minimum atomic E-state index is -5.72. The van der Waals surface area contributed by atoms with Crippen LogP contribution in [0.25, 0.3) is 17.2 Å². The summed E-state index contributed by atoms with van der Waals surface area (Å²) in [5.41, 5.74) is 2.54. The van der Waals surface area contributed by atoms with Crippen LogP contribution in [-0.4, -0.2) is 18.5 Å². The second-order valence-electron chi connectivity index (χ2n) is 9.70. The molecule has 1 nitrogen and oxygen atoms in total. The number of alkyl halides is 6. The summed E-state index contributed by atoms with van der Waals surface area (Å²) in [5.74, 6) is 0.922. The third kappa shape index (κ3) is 8.31. The normalized spacial score (nSPS) is 20.0. The van der Waals surface area contributed by atoms with Crippen LogP contribution in [0.4, 0.5) is 26.3 Å². The van der Waals surface area contributed by atoms with Gasteiger partial charge in [0.15, 0.2) is 0 Å². The third-order valence-electron chi connectivity index (χ3n) is 6.85. The molecule has 3 rings (SSSR count). The standard InChI is InChI=1S/C29H34F6O/c1-2-3-4-5-6-21-7-9-22(10-8-21)11-12-23-13-15-24(16-14-23)25-17-19-26(20-18-25)36-29(34,35)27(30)28(31,32)33/h11-22,27H,2-10H2,1H3/b12-11+. The molecule has 1 saturated carbocycles. The molecule has 0 spiro atoms. The van der Waals surface area contributed by atoms with Crippen LogP contribution in [-0.2, 0) is 0 Å². The SMILES string of the molecule is CCCCCCC1CCC(/C=C/c2ccc(-c3ccc(OC(F)(F)C(F)C(F)(F)F)cc3)cc2)CC1. The number of benzene rings is 2. The molecule has 0 heterocycles. The topological polar surface area (TPSA) is 9.23 Å². The quantitative estimate of drug-likeness (QED) is 0.215. The minimum absolute atomic E-state index is 0.550. The van der Waals surface area contributed by atoms with Gasteiger partial charge in [-0.05, 0) is 66.3 Å². The van der Waals surface area contributed by atoms with Gasteiger partial charge in [0.2, 0.25) is 0 Å². The lowest BCUT2D eigenvalue weighted by Crippen LogP contribution is -2.45. The molecule has 1 aliphatic rings. The smallest absolute Gasteiger partial charge is 0.430 e. The van der Waals surface area contributed by atoms with Gasteiger partial charge >= 0.3 is 12.3 Å². The van der Waals surface area contributed by atoms with E-state index in [-0.39, 0.29) is 0 Å². The molecule has 0 amide bonds. The molecule has 0 N–H and O–H groups in total. The van der Waals surface area contributed by atoms with Crippen molar-refractivity contribution in [2.45, 2.75) is 83.2 Å². The third-order valence-corrected chi connectivity index (χ3v) is 6.85. The van der Waals surface area contributed by atoms with Crippen molar-refractivity contribution in [3.8, 4) is 16.9 Å². The van der Waals surface area contributed by atoms with Gasteiger partial charge in [-0.2, -0.15) is 22.0 Å². The van der Waals surface area contributed by atoms with Crippen molar-refractivity contribution in [1.82, 2.24) is 0 Å². The first-order valence-corrected chi connectivity index (χ1v) is 12.7.